The highest BCUT2D eigenvalue weighted by molar-refractivity contribution is 4.77. The summed E-state index contributed by atoms with van der Waals surface area (Å²) in [6.07, 6.45) is 5.83. The Bertz CT molecular complexity index is 118. The maximum atomic E-state index is 4.94. The Morgan fingerprint density at radius 2 is 0.917 bits per heavy atom. The van der Waals surface area contributed by atoms with Gasteiger partial charge in [-0.3, -0.25) is 0 Å². The Labute approximate surface area is 71.4 Å². The van der Waals surface area contributed by atoms with E-state index in [1.165, 1.54) is 25.0 Å². The second-order valence-corrected chi connectivity index (χ2v) is 2.04. The highest BCUT2D eigenvalue weighted by Crippen LogP contribution is 1.89. The van der Waals surface area contributed by atoms with E-state index in [1.807, 2.05) is 0 Å². The lowest BCUT2D eigenvalue weighted by Gasteiger charge is -2.09. The Balaban J connectivity index is 0.000000120. The average molecular weight is 172 g/mol. The van der Waals surface area contributed by atoms with Gasteiger partial charge in [-0.2, -0.15) is 0 Å². The van der Waals surface area contributed by atoms with Crippen LogP contribution in [0, 0.1) is 0 Å². The molecule has 0 amide bonds. The number of ether oxygens (including phenoxy) is 4. The fourth-order valence-electron chi connectivity index (χ4n) is 0.659. The molecule has 0 aromatic heterocycles. The van der Waals surface area contributed by atoms with E-state index in [0.717, 1.165) is 26.4 Å². The summed E-state index contributed by atoms with van der Waals surface area (Å²) in [4.78, 5) is 0. The van der Waals surface area contributed by atoms with Crippen molar-refractivity contribution in [1.29, 1.82) is 0 Å². The predicted octanol–water partition coefficient (Wildman–Crippen LogP) is 1.01. The van der Waals surface area contributed by atoms with Gasteiger partial charge in [-0.05, 0) is 0 Å². The molecule has 68 valence electrons. The van der Waals surface area contributed by atoms with Gasteiger partial charge in [-0.15, -0.1) is 0 Å². The SMILES string of the molecule is C1=COC=CO1.C1COCCO1. The zero-order valence-electron chi connectivity index (χ0n) is 6.77. The van der Waals surface area contributed by atoms with E-state index in [1.54, 1.807) is 0 Å². The van der Waals surface area contributed by atoms with Crippen LogP contribution >= 0.6 is 0 Å². The topological polar surface area (TPSA) is 36.9 Å². The van der Waals surface area contributed by atoms with Gasteiger partial charge in [0, 0.05) is 0 Å². The van der Waals surface area contributed by atoms with Crippen molar-refractivity contribution in [3.8, 4) is 0 Å². The average Bonchev–Trinajstić information content (AvgIpc) is 2.24. The monoisotopic (exact) mass is 172 g/mol. The van der Waals surface area contributed by atoms with Crippen LogP contribution in [0.1, 0.15) is 0 Å². The smallest absolute Gasteiger partial charge is 0.125 e. The molecule has 0 aromatic carbocycles. The van der Waals surface area contributed by atoms with Crippen molar-refractivity contribution < 1.29 is 18.9 Å². The zero-order chi connectivity index (χ0) is 8.49. The first-order valence-electron chi connectivity index (χ1n) is 3.76. The molecular weight excluding hydrogens is 160 g/mol. The third-order valence-corrected chi connectivity index (χ3v) is 1.17. The fourth-order valence-corrected chi connectivity index (χ4v) is 0.659. The molecule has 4 heteroatoms. The van der Waals surface area contributed by atoms with Gasteiger partial charge in [0.05, 0.1) is 26.4 Å². The quantitative estimate of drug-likeness (QED) is 0.546. The number of hydrogen-bond acceptors (Lipinski definition) is 4. The lowest BCUT2D eigenvalue weighted by Crippen LogP contribution is -2.16. The van der Waals surface area contributed by atoms with E-state index in [4.69, 9.17) is 9.47 Å². The van der Waals surface area contributed by atoms with Crippen molar-refractivity contribution in [3.05, 3.63) is 25.0 Å². The second kappa shape index (κ2) is 6.69. The minimum atomic E-state index is 0.778. The molecule has 0 aliphatic carbocycles. The van der Waals surface area contributed by atoms with Crippen LogP contribution in [0.25, 0.3) is 0 Å². The highest BCUT2D eigenvalue weighted by atomic mass is 16.6. The second-order valence-electron chi connectivity index (χ2n) is 2.04. The van der Waals surface area contributed by atoms with E-state index in [9.17, 15) is 0 Å². The Morgan fingerprint density at radius 3 is 1.08 bits per heavy atom. The maximum Gasteiger partial charge on any atom is 0.125 e. The first-order chi connectivity index (χ1) is 6.00. The summed E-state index contributed by atoms with van der Waals surface area (Å²) in [5.74, 6) is 0. The molecule has 0 radical (unpaired) electrons. The molecule has 0 atom stereocenters. The first kappa shape index (κ1) is 9.09. The van der Waals surface area contributed by atoms with Crippen LogP contribution in [-0.4, -0.2) is 26.4 Å². The van der Waals surface area contributed by atoms with Gasteiger partial charge >= 0.3 is 0 Å². The molecule has 0 spiro atoms. The normalized spacial score (nSPS) is 20.0. The summed E-state index contributed by atoms with van der Waals surface area (Å²) in [5, 5.41) is 0. The molecule has 0 bridgehead atoms. The Kier molecular flexibility index (Phi) is 5.07. The van der Waals surface area contributed by atoms with E-state index in [-0.39, 0.29) is 0 Å². The Morgan fingerprint density at radius 1 is 0.583 bits per heavy atom. The molecule has 0 aromatic rings. The Hall–Kier alpha value is -1.00. The van der Waals surface area contributed by atoms with Gasteiger partial charge in [-0.25, -0.2) is 0 Å². The van der Waals surface area contributed by atoms with E-state index < -0.39 is 0 Å². The van der Waals surface area contributed by atoms with Crippen LogP contribution in [0.5, 0.6) is 0 Å². The molecule has 2 aliphatic rings. The fraction of sp³-hybridized carbons (Fsp3) is 0.500. The van der Waals surface area contributed by atoms with Gasteiger partial charge in [-0.1, -0.05) is 0 Å². The lowest BCUT2D eigenvalue weighted by atomic mass is 10.6. The van der Waals surface area contributed by atoms with Crippen molar-refractivity contribution in [2.45, 2.75) is 0 Å². The van der Waals surface area contributed by atoms with Crippen molar-refractivity contribution >= 4 is 0 Å². The van der Waals surface area contributed by atoms with Crippen LogP contribution in [0.3, 0.4) is 0 Å². The highest BCUT2D eigenvalue weighted by Gasteiger charge is 1.94. The van der Waals surface area contributed by atoms with E-state index in [0.29, 0.717) is 0 Å². The molecule has 1 saturated heterocycles. The van der Waals surface area contributed by atoms with Crippen LogP contribution in [0.4, 0.5) is 0 Å². The van der Waals surface area contributed by atoms with Gasteiger partial charge in [0.25, 0.3) is 0 Å². The third-order valence-electron chi connectivity index (χ3n) is 1.17. The zero-order valence-corrected chi connectivity index (χ0v) is 6.77. The number of hydrogen-bond donors (Lipinski definition) is 0. The van der Waals surface area contributed by atoms with E-state index >= 15 is 0 Å². The van der Waals surface area contributed by atoms with Gasteiger partial charge in [0.1, 0.15) is 25.0 Å². The summed E-state index contributed by atoms with van der Waals surface area (Å²) in [6, 6.07) is 0. The van der Waals surface area contributed by atoms with Crippen LogP contribution in [-0.2, 0) is 18.9 Å². The van der Waals surface area contributed by atoms with Crippen molar-refractivity contribution in [2.75, 3.05) is 26.4 Å². The van der Waals surface area contributed by atoms with Crippen LogP contribution in [0.2, 0.25) is 0 Å². The van der Waals surface area contributed by atoms with Crippen molar-refractivity contribution in [2.24, 2.45) is 0 Å². The molecule has 1 fully saturated rings. The largest absolute Gasteiger partial charge is 0.466 e. The van der Waals surface area contributed by atoms with Crippen LogP contribution < -0.4 is 0 Å². The summed E-state index contributed by atoms with van der Waals surface area (Å²) < 4.78 is 19.1. The maximum absolute atomic E-state index is 4.94. The molecule has 0 saturated carbocycles. The summed E-state index contributed by atoms with van der Waals surface area (Å²) in [6.45, 7) is 3.11. The summed E-state index contributed by atoms with van der Waals surface area (Å²) in [7, 11) is 0. The molecule has 0 unspecified atom stereocenters. The molecule has 2 heterocycles. The summed E-state index contributed by atoms with van der Waals surface area (Å²) in [5.41, 5.74) is 0. The predicted molar refractivity (Wildman–Crippen MR) is 42.1 cm³/mol. The van der Waals surface area contributed by atoms with Gasteiger partial charge < -0.3 is 18.9 Å². The molecule has 12 heavy (non-hydrogen) atoms. The van der Waals surface area contributed by atoms with Crippen molar-refractivity contribution in [1.82, 2.24) is 0 Å². The van der Waals surface area contributed by atoms with Gasteiger partial charge in [0.15, 0.2) is 0 Å². The summed E-state index contributed by atoms with van der Waals surface area (Å²) >= 11 is 0. The third kappa shape index (κ3) is 4.76. The molecule has 4 nitrogen and oxygen atoms in total. The molecule has 2 rings (SSSR count). The molecule has 0 N–H and O–H groups in total. The lowest BCUT2D eigenvalue weighted by molar-refractivity contribution is -0.0334. The minimum Gasteiger partial charge on any atom is -0.466 e. The first-order valence-corrected chi connectivity index (χ1v) is 3.76. The van der Waals surface area contributed by atoms with E-state index in [2.05, 4.69) is 9.47 Å². The molecular formula is C8H12O4. The minimum absolute atomic E-state index is 0.778. The van der Waals surface area contributed by atoms with Crippen molar-refractivity contribution in [3.63, 3.8) is 0 Å². The van der Waals surface area contributed by atoms with Gasteiger partial charge in [0.2, 0.25) is 0 Å². The molecule has 2 aliphatic heterocycles. The number of rotatable bonds is 0. The standard InChI is InChI=1S/C4H8O2.C4H4O2/c2*1-2-6-4-3-5-1/h1-4H2;1-4H. The van der Waals surface area contributed by atoms with Crippen LogP contribution in [0.15, 0.2) is 25.0 Å².